The molecule has 2 aromatic rings. The highest BCUT2D eigenvalue weighted by atomic mass is 16.3. The van der Waals surface area contributed by atoms with Gasteiger partial charge in [-0.1, -0.05) is 18.2 Å². The smallest absolute Gasteiger partial charge is 0.325 e. The van der Waals surface area contributed by atoms with Crippen LogP contribution in [0.15, 0.2) is 34.7 Å². The maximum Gasteiger partial charge on any atom is 0.325 e. The number of benzene rings is 1. The van der Waals surface area contributed by atoms with Crippen molar-refractivity contribution in [2.75, 3.05) is 6.54 Å². The fourth-order valence-electron chi connectivity index (χ4n) is 2.88. The van der Waals surface area contributed by atoms with Crippen molar-refractivity contribution in [3.05, 3.63) is 36.1 Å². The van der Waals surface area contributed by atoms with E-state index in [1.165, 1.54) is 0 Å². The van der Waals surface area contributed by atoms with Crippen molar-refractivity contribution in [3.63, 3.8) is 0 Å². The van der Waals surface area contributed by atoms with Gasteiger partial charge in [0, 0.05) is 11.4 Å². The second-order valence-electron chi connectivity index (χ2n) is 6.44. The molecule has 0 spiro atoms. The zero-order valence-electron chi connectivity index (χ0n) is 13.2. The summed E-state index contributed by atoms with van der Waals surface area (Å²) in [5, 5.41) is 6.27. The number of hydrogen-bond donors (Lipinski definition) is 2. The summed E-state index contributed by atoms with van der Waals surface area (Å²) in [4.78, 5) is 37.8. The topological polar surface area (TPSA) is 91.7 Å². The van der Waals surface area contributed by atoms with Crippen LogP contribution in [-0.4, -0.2) is 35.3 Å². The lowest BCUT2D eigenvalue weighted by Gasteiger charge is -2.18. The van der Waals surface area contributed by atoms with Crippen LogP contribution < -0.4 is 10.6 Å². The van der Waals surface area contributed by atoms with Crippen LogP contribution in [-0.2, 0) is 15.1 Å². The molecule has 124 valence electrons. The highest BCUT2D eigenvalue weighted by Crippen LogP contribution is 2.32. The van der Waals surface area contributed by atoms with E-state index in [0.29, 0.717) is 11.3 Å². The molecular formula is C17H17N3O4. The predicted molar refractivity (Wildman–Crippen MR) is 85.0 cm³/mol. The van der Waals surface area contributed by atoms with Gasteiger partial charge in [0.15, 0.2) is 5.54 Å². The molecule has 24 heavy (non-hydrogen) atoms. The Labute approximate surface area is 138 Å². The number of carbonyl (C=O) groups is 3. The van der Waals surface area contributed by atoms with Crippen LogP contribution >= 0.6 is 0 Å². The van der Waals surface area contributed by atoms with Crippen molar-refractivity contribution in [1.29, 1.82) is 0 Å². The molecule has 2 aliphatic rings. The minimum atomic E-state index is -1.31. The number of nitrogens with zero attached hydrogens (tertiary/aromatic N) is 1. The number of furan rings is 1. The molecule has 7 heteroatoms. The van der Waals surface area contributed by atoms with Crippen molar-refractivity contribution in [1.82, 2.24) is 15.5 Å². The SMILES string of the molecule is CC1(c2cc3ccccc3o2)NC(=O)N(CC(=O)NC2CC2)C1=O. The van der Waals surface area contributed by atoms with E-state index in [9.17, 15) is 14.4 Å². The zero-order valence-corrected chi connectivity index (χ0v) is 13.2. The van der Waals surface area contributed by atoms with Gasteiger partial charge in [-0.05, 0) is 31.9 Å². The van der Waals surface area contributed by atoms with Gasteiger partial charge in [0.25, 0.3) is 5.91 Å². The van der Waals surface area contributed by atoms with Crippen molar-refractivity contribution in [2.24, 2.45) is 0 Å². The first kappa shape index (κ1) is 14.7. The molecule has 1 aliphatic heterocycles. The van der Waals surface area contributed by atoms with Gasteiger partial charge in [0.1, 0.15) is 17.9 Å². The summed E-state index contributed by atoms with van der Waals surface area (Å²) in [5.41, 5.74) is -0.670. The van der Waals surface area contributed by atoms with Gasteiger partial charge in [0.2, 0.25) is 5.91 Å². The van der Waals surface area contributed by atoms with Crippen LogP contribution in [0.5, 0.6) is 0 Å². The van der Waals surface area contributed by atoms with Crippen molar-refractivity contribution < 1.29 is 18.8 Å². The highest BCUT2D eigenvalue weighted by Gasteiger charge is 2.51. The lowest BCUT2D eigenvalue weighted by atomic mass is 9.99. The monoisotopic (exact) mass is 327 g/mol. The predicted octanol–water partition coefficient (Wildman–Crippen LogP) is 1.48. The molecule has 1 saturated carbocycles. The standard InChI is InChI=1S/C17H17N3O4/c1-17(13-8-10-4-2-3-5-12(10)24-13)15(22)20(16(23)19-17)9-14(21)18-11-6-7-11/h2-5,8,11H,6-7,9H2,1H3,(H,18,21)(H,19,23). The van der Waals surface area contributed by atoms with Gasteiger partial charge in [-0.2, -0.15) is 0 Å². The largest absolute Gasteiger partial charge is 0.458 e. The Morgan fingerprint density at radius 1 is 1.38 bits per heavy atom. The third-order valence-electron chi connectivity index (χ3n) is 4.44. The number of hydrogen-bond acceptors (Lipinski definition) is 4. The zero-order chi connectivity index (χ0) is 16.9. The Morgan fingerprint density at radius 2 is 2.12 bits per heavy atom. The third kappa shape index (κ3) is 2.33. The molecule has 0 radical (unpaired) electrons. The summed E-state index contributed by atoms with van der Waals surface area (Å²) in [6, 6.07) is 8.70. The van der Waals surface area contributed by atoms with E-state index in [1.54, 1.807) is 19.1 Å². The molecule has 1 saturated heterocycles. The summed E-state index contributed by atoms with van der Waals surface area (Å²) >= 11 is 0. The van der Waals surface area contributed by atoms with Crippen LogP contribution in [0, 0.1) is 0 Å². The molecule has 1 atom stereocenters. The van der Waals surface area contributed by atoms with E-state index in [4.69, 9.17) is 4.42 Å². The molecule has 1 aromatic carbocycles. The van der Waals surface area contributed by atoms with Crippen LogP contribution in [0.3, 0.4) is 0 Å². The number of urea groups is 1. The lowest BCUT2D eigenvalue weighted by molar-refractivity contribution is -0.135. The quantitative estimate of drug-likeness (QED) is 0.832. The molecular weight excluding hydrogens is 310 g/mol. The van der Waals surface area contributed by atoms with Gasteiger partial charge in [0.05, 0.1) is 0 Å². The van der Waals surface area contributed by atoms with Crippen molar-refractivity contribution >= 4 is 28.8 Å². The Morgan fingerprint density at radius 3 is 2.83 bits per heavy atom. The van der Waals surface area contributed by atoms with Gasteiger partial charge >= 0.3 is 6.03 Å². The molecule has 7 nitrogen and oxygen atoms in total. The molecule has 1 aliphatic carbocycles. The van der Waals surface area contributed by atoms with Gasteiger partial charge in [-0.25, -0.2) is 4.79 Å². The summed E-state index contributed by atoms with van der Waals surface area (Å²) in [6.45, 7) is 1.31. The Hall–Kier alpha value is -2.83. The van der Waals surface area contributed by atoms with Crippen LogP contribution in [0.1, 0.15) is 25.5 Å². The van der Waals surface area contributed by atoms with E-state index < -0.39 is 17.5 Å². The van der Waals surface area contributed by atoms with Crippen molar-refractivity contribution in [2.45, 2.75) is 31.3 Å². The van der Waals surface area contributed by atoms with Crippen LogP contribution in [0.25, 0.3) is 11.0 Å². The number of nitrogens with one attached hydrogen (secondary N) is 2. The molecule has 1 aromatic heterocycles. The lowest BCUT2D eigenvalue weighted by Crippen LogP contribution is -2.43. The minimum absolute atomic E-state index is 0.181. The normalized spacial score (nSPS) is 23.6. The van der Waals surface area contributed by atoms with Crippen molar-refractivity contribution in [3.8, 4) is 0 Å². The maximum atomic E-state index is 12.8. The number of imide groups is 1. The first-order valence-electron chi connectivity index (χ1n) is 7.90. The van der Waals surface area contributed by atoms with Gasteiger partial charge < -0.3 is 15.1 Å². The number of para-hydroxylation sites is 1. The Balaban J connectivity index is 1.59. The van der Waals surface area contributed by atoms with Gasteiger partial charge in [-0.15, -0.1) is 0 Å². The van der Waals surface area contributed by atoms with E-state index in [2.05, 4.69) is 10.6 Å². The number of amides is 4. The fraction of sp³-hybridized carbons (Fsp3) is 0.353. The molecule has 2 fully saturated rings. The van der Waals surface area contributed by atoms with Gasteiger partial charge in [-0.3, -0.25) is 14.5 Å². The summed E-state index contributed by atoms with van der Waals surface area (Å²) in [5.74, 6) is -0.459. The average Bonchev–Trinajstić information content (AvgIpc) is 3.19. The van der Waals surface area contributed by atoms with E-state index in [0.717, 1.165) is 23.1 Å². The van der Waals surface area contributed by atoms with E-state index >= 15 is 0 Å². The van der Waals surface area contributed by atoms with E-state index in [1.807, 2.05) is 18.2 Å². The first-order valence-corrected chi connectivity index (χ1v) is 7.90. The molecule has 2 heterocycles. The fourth-order valence-corrected chi connectivity index (χ4v) is 2.88. The highest BCUT2D eigenvalue weighted by molar-refractivity contribution is 6.09. The minimum Gasteiger partial charge on any atom is -0.458 e. The molecule has 4 amide bonds. The molecule has 0 bridgehead atoms. The Bertz CT molecular complexity index is 821. The number of rotatable bonds is 4. The first-order chi connectivity index (χ1) is 11.5. The number of carbonyl (C=O) groups excluding carboxylic acids is 3. The molecule has 1 unspecified atom stereocenters. The average molecular weight is 327 g/mol. The number of fused-ring (bicyclic) bond motifs is 1. The summed E-state index contributed by atoms with van der Waals surface area (Å²) in [7, 11) is 0. The second-order valence-corrected chi connectivity index (χ2v) is 6.44. The third-order valence-corrected chi connectivity index (χ3v) is 4.44. The summed E-state index contributed by atoms with van der Waals surface area (Å²) in [6.07, 6.45) is 1.89. The van der Waals surface area contributed by atoms with E-state index in [-0.39, 0.29) is 18.5 Å². The van der Waals surface area contributed by atoms with Crippen LogP contribution in [0.2, 0.25) is 0 Å². The Kier molecular flexibility index (Phi) is 3.13. The maximum absolute atomic E-state index is 12.8. The van der Waals surface area contributed by atoms with Crippen LogP contribution in [0.4, 0.5) is 4.79 Å². The summed E-state index contributed by atoms with van der Waals surface area (Å²) < 4.78 is 5.74. The second kappa shape index (κ2) is 5.09. The molecule has 4 rings (SSSR count). The molecule has 2 N–H and O–H groups in total.